The molecule has 2 aliphatic rings. The predicted molar refractivity (Wildman–Crippen MR) is 136 cm³/mol. The Morgan fingerprint density at radius 2 is 1.61 bits per heavy atom. The van der Waals surface area contributed by atoms with Gasteiger partial charge in [0.2, 0.25) is 0 Å². The first kappa shape index (κ1) is 22.4. The van der Waals surface area contributed by atoms with Crippen molar-refractivity contribution in [3.63, 3.8) is 0 Å². The van der Waals surface area contributed by atoms with Crippen molar-refractivity contribution in [2.45, 2.75) is 12.8 Å². The number of ether oxygens (including phenoxy) is 1. The molecule has 0 saturated carbocycles. The summed E-state index contributed by atoms with van der Waals surface area (Å²) in [4.78, 5) is 33.4. The summed E-state index contributed by atoms with van der Waals surface area (Å²) in [6.07, 6.45) is 3.76. The molecule has 0 radical (unpaired) electrons. The van der Waals surface area contributed by atoms with E-state index < -0.39 is 11.4 Å². The van der Waals surface area contributed by atoms with Crippen LogP contribution in [0.15, 0.2) is 63.9 Å². The number of anilines is 2. The molecule has 0 bridgehead atoms. The normalized spacial score (nSPS) is 16.1. The molecule has 2 aromatic carbocycles. The summed E-state index contributed by atoms with van der Waals surface area (Å²) in [5, 5.41) is 9.61. The predicted octanol–water partition coefficient (Wildman–Crippen LogP) is 3.78. The topological polar surface area (TPSA) is 101 Å². The van der Waals surface area contributed by atoms with Gasteiger partial charge in [0.25, 0.3) is 6.01 Å². The van der Waals surface area contributed by atoms with Crippen LogP contribution in [0.4, 0.5) is 11.7 Å². The van der Waals surface area contributed by atoms with Crippen LogP contribution in [-0.2, 0) is 4.74 Å². The number of benzene rings is 2. The highest BCUT2D eigenvalue weighted by molar-refractivity contribution is 5.88. The summed E-state index contributed by atoms with van der Waals surface area (Å²) in [5.41, 5.74) is 3.70. The van der Waals surface area contributed by atoms with Gasteiger partial charge in [-0.3, -0.25) is 4.79 Å². The summed E-state index contributed by atoms with van der Waals surface area (Å²) in [5.74, 6) is -1.26. The number of carbonyl (C=O) groups is 1. The van der Waals surface area contributed by atoms with Crippen molar-refractivity contribution in [3.8, 4) is 16.9 Å². The fourth-order valence-corrected chi connectivity index (χ4v) is 4.89. The Morgan fingerprint density at radius 1 is 0.889 bits per heavy atom. The number of fused-ring (bicyclic) bond motifs is 1. The fourth-order valence-electron chi connectivity index (χ4n) is 4.89. The molecule has 36 heavy (non-hydrogen) atoms. The number of aromatic carboxylic acids is 1. The minimum atomic E-state index is -1.26. The van der Waals surface area contributed by atoms with E-state index in [1.54, 1.807) is 4.57 Å². The van der Waals surface area contributed by atoms with Gasteiger partial charge in [0.1, 0.15) is 11.1 Å². The zero-order valence-electron chi connectivity index (χ0n) is 19.7. The highest BCUT2D eigenvalue weighted by atomic mass is 16.5. The first-order chi connectivity index (χ1) is 17.6. The molecule has 2 aromatic heterocycles. The van der Waals surface area contributed by atoms with Crippen molar-refractivity contribution in [2.75, 3.05) is 49.2 Å². The van der Waals surface area contributed by atoms with Gasteiger partial charge in [-0.15, -0.1) is 0 Å². The Morgan fingerprint density at radius 3 is 2.33 bits per heavy atom. The summed E-state index contributed by atoms with van der Waals surface area (Å²) < 4.78 is 13.2. The third-order valence-corrected chi connectivity index (χ3v) is 6.84. The van der Waals surface area contributed by atoms with E-state index in [0.717, 1.165) is 24.3 Å². The van der Waals surface area contributed by atoms with Crippen LogP contribution in [0.1, 0.15) is 23.2 Å². The van der Waals surface area contributed by atoms with Crippen molar-refractivity contribution < 1.29 is 19.1 Å². The molecule has 184 valence electrons. The first-order valence-electron chi connectivity index (χ1n) is 12.2. The molecule has 2 aliphatic heterocycles. The number of carboxylic acid groups (broad SMARTS) is 1. The summed E-state index contributed by atoms with van der Waals surface area (Å²) in [6, 6.07) is 15.5. The third-order valence-electron chi connectivity index (χ3n) is 6.84. The van der Waals surface area contributed by atoms with Crippen molar-refractivity contribution in [3.05, 3.63) is 70.5 Å². The van der Waals surface area contributed by atoms with Gasteiger partial charge in [0.05, 0.1) is 18.9 Å². The Kier molecular flexibility index (Phi) is 5.69. The van der Waals surface area contributed by atoms with Crippen LogP contribution < -0.4 is 15.2 Å². The van der Waals surface area contributed by atoms with E-state index in [1.807, 2.05) is 35.2 Å². The molecule has 0 spiro atoms. The summed E-state index contributed by atoms with van der Waals surface area (Å²) >= 11 is 0. The van der Waals surface area contributed by atoms with Crippen LogP contribution >= 0.6 is 0 Å². The van der Waals surface area contributed by atoms with Gasteiger partial charge in [-0.25, -0.2) is 4.79 Å². The lowest BCUT2D eigenvalue weighted by Crippen LogP contribution is -2.36. The van der Waals surface area contributed by atoms with E-state index in [-0.39, 0.29) is 5.56 Å². The molecule has 9 heteroatoms. The lowest BCUT2D eigenvalue weighted by Gasteiger charge is -2.24. The van der Waals surface area contributed by atoms with Crippen LogP contribution in [0, 0.1) is 0 Å². The molecule has 0 amide bonds. The molecule has 4 aromatic rings. The molecular weight excluding hydrogens is 460 g/mol. The van der Waals surface area contributed by atoms with E-state index >= 15 is 0 Å². The molecule has 9 nitrogen and oxygen atoms in total. The third kappa shape index (κ3) is 4.11. The largest absolute Gasteiger partial charge is 0.477 e. The first-order valence-corrected chi connectivity index (χ1v) is 12.2. The standard InChI is InChI=1S/C27H26N4O5/c32-24-16-23(18-3-5-19(6-4-18)29-9-1-2-10-29)31(17-21(24)26(33)34)20-7-8-22-25(15-20)36-27(28-22)30-11-13-35-14-12-30/h3-8,15-17H,1-2,9-14H2,(H,33,34). The summed E-state index contributed by atoms with van der Waals surface area (Å²) in [7, 11) is 0. The number of rotatable bonds is 5. The number of carboxylic acids is 1. The maximum Gasteiger partial charge on any atom is 0.341 e. The van der Waals surface area contributed by atoms with E-state index in [1.165, 1.54) is 25.1 Å². The van der Waals surface area contributed by atoms with Gasteiger partial charge in [-0.1, -0.05) is 12.1 Å². The van der Waals surface area contributed by atoms with Gasteiger partial charge in [0.15, 0.2) is 11.0 Å². The average Bonchev–Trinajstić information content (AvgIpc) is 3.59. The Balaban J connectivity index is 1.43. The maximum absolute atomic E-state index is 12.7. The molecule has 0 unspecified atom stereocenters. The SMILES string of the molecule is O=C(O)c1cn(-c2ccc3nc(N4CCOCC4)oc3c2)c(-c2ccc(N3CCCC3)cc2)cc1=O. The highest BCUT2D eigenvalue weighted by Gasteiger charge is 2.19. The molecule has 0 aliphatic carbocycles. The minimum absolute atomic E-state index is 0.292. The molecule has 6 rings (SSSR count). The number of aromatic nitrogens is 2. The monoisotopic (exact) mass is 486 g/mol. The number of hydrogen-bond donors (Lipinski definition) is 1. The molecule has 1 N–H and O–H groups in total. The van der Waals surface area contributed by atoms with Crippen LogP contribution in [-0.4, -0.2) is 60.0 Å². The van der Waals surface area contributed by atoms with Gasteiger partial charge in [-0.05, 0) is 42.7 Å². The van der Waals surface area contributed by atoms with Gasteiger partial charge in [-0.2, -0.15) is 4.98 Å². The number of pyridine rings is 1. The molecular formula is C27H26N4O5. The van der Waals surface area contributed by atoms with Crippen LogP contribution in [0.2, 0.25) is 0 Å². The lowest BCUT2D eigenvalue weighted by molar-refractivity contribution is 0.0695. The molecule has 2 fully saturated rings. The maximum atomic E-state index is 12.7. The van der Waals surface area contributed by atoms with E-state index in [9.17, 15) is 14.7 Å². The zero-order valence-corrected chi connectivity index (χ0v) is 19.7. The number of hydrogen-bond acceptors (Lipinski definition) is 7. The highest BCUT2D eigenvalue weighted by Crippen LogP contribution is 2.29. The second-order valence-electron chi connectivity index (χ2n) is 9.10. The van der Waals surface area contributed by atoms with E-state index in [4.69, 9.17) is 9.15 Å². The van der Waals surface area contributed by atoms with E-state index in [0.29, 0.717) is 54.8 Å². The van der Waals surface area contributed by atoms with Gasteiger partial charge < -0.3 is 28.6 Å². The van der Waals surface area contributed by atoms with Crippen molar-refractivity contribution in [1.29, 1.82) is 0 Å². The van der Waals surface area contributed by atoms with Crippen molar-refractivity contribution in [2.24, 2.45) is 0 Å². The Labute approximate surface area is 207 Å². The van der Waals surface area contributed by atoms with Crippen molar-refractivity contribution >= 4 is 28.8 Å². The lowest BCUT2D eigenvalue weighted by atomic mass is 10.1. The minimum Gasteiger partial charge on any atom is -0.477 e. The number of nitrogens with zero attached hydrogens (tertiary/aromatic N) is 4. The molecule has 0 atom stereocenters. The van der Waals surface area contributed by atoms with Crippen LogP contribution in [0.5, 0.6) is 0 Å². The van der Waals surface area contributed by atoms with E-state index in [2.05, 4.69) is 22.0 Å². The number of oxazole rings is 1. The van der Waals surface area contributed by atoms with Gasteiger partial charge in [0, 0.05) is 55.9 Å². The second-order valence-corrected chi connectivity index (χ2v) is 9.10. The van der Waals surface area contributed by atoms with Crippen LogP contribution in [0.25, 0.3) is 28.0 Å². The fraction of sp³-hybridized carbons (Fsp3) is 0.296. The number of morpholine rings is 1. The van der Waals surface area contributed by atoms with Crippen molar-refractivity contribution in [1.82, 2.24) is 9.55 Å². The van der Waals surface area contributed by atoms with Gasteiger partial charge >= 0.3 is 5.97 Å². The quantitative estimate of drug-likeness (QED) is 0.455. The zero-order chi connectivity index (χ0) is 24.6. The molecule has 4 heterocycles. The molecule has 2 saturated heterocycles. The average molecular weight is 487 g/mol. The Hall–Kier alpha value is -4.11. The van der Waals surface area contributed by atoms with Crippen LogP contribution in [0.3, 0.4) is 0 Å². The second kappa shape index (κ2) is 9.16. The summed E-state index contributed by atoms with van der Waals surface area (Å²) in [6.45, 7) is 4.75. The smallest absolute Gasteiger partial charge is 0.341 e. The Bertz CT molecular complexity index is 1480.